The summed E-state index contributed by atoms with van der Waals surface area (Å²) in [6.07, 6.45) is 4.91. The zero-order chi connectivity index (χ0) is 26.5. The van der Waals surface area contributed by atoms with Gasteiger partial charge in [-0.05, 0) is 52.8 Å². The molecule has 3 aromatic heterocycles. The van der Waals surface area contributed by atoms with Crippen LogP contribution < -0.4 is 16.6 Å². The van der Waals surface area contributed by atoms with Gasteiger partial charge in [0.05, 0.1) is 28.7 Å². The van der Waals surface area contributed by atoms with Crippen molar-refractivity contribution >= 4 is 40.1 Å². The normalized spacial score (nSPS) is 12.0. The summed E-state index contributed by atoms with van der Waals surface area (Å²) in [5, 5.41) is 23.5. The molecule has 5 aromatic rings. The molecule has 0 bridgehead atoms. The van der Waals surface area contributed by atoms with Gasteiger partial charge in [-0.1, -0.05) is 41.9 Å². The molecule has 38 heavy (non-hydrogen) atoms. The number of benzene rings is 2. The van der Waals surface area contributed by atoms with Crippen LogP contribution in [0.25, 0.3) is 23.0 Å². The number of carbonyl (C=O) groups excluding carboxylic acids is 1. The molecule has 0 aliphatic rings. The lowest BCUT2D eigenvalue weighted by Gasteiger charge is -2.18. The number of nitrogens with zero attached hydrogens (tertiary/aromatic N) is 6. The van der Waals surface area contributed by atoms with Crippen molar-refractivity contribution in [3.05, 3.63) is 105 Å². The Morgan fingerprint density at radius 3 is 2.79 bits per heavy atom. The molecule has 0 radical (unpaired) electrons. The SMILES string of the molecule is Nc1nc(-c2cc([C@H](Cc3ccccc3)NC(=O)/C=C/c3cc(Cl)ccc3-n3cnnn3)n[nH]c2=O)cs1. The molecule has 4 N–H and O–H groups in total. The third kappa shape index (κ3) is 5.82. The smallest absolute Gasteiger partial charge is 0.273 e. The number of nitrogen functional groups attached to an aromatic ring is 1. The number of aromatic nitrogens is 7. The van der Waals surface area contributed by atoms with E-state index in [2.05, 4.69) is 36.0 Å². The van der Waals surface area contributed by atoms with E-state index in [1.807, 2.05) is 30.3 Å². The topological polar surface area (TPSA) is 157 Å². The van der Waals surface area contributed by atoms with Crippen molar-refractivity contribution in [1.82, 2.24) is 40.7 Å². The van der Waals surface area contributed by atoms with Gasteiger partial charge in [-0.3, -0.25) is 9.59 Å². The number of hydrogen-bond donors (Lipinski definition) is 3. The van der Waals surface area contributed by atoms with Crippen molar-refractivity contribution in [2.45, 2.75) is 12.5 Å². The van der Waals surface area contributed by atoms with E-state index in [4.69, 9.17) is 17.3 Å². The van der Waals surface area contributed by atoms with Crippen molar-refractivity contribution in [3.8, 4) is 16.9 Å². The third-order valence-corrected chi connectivity index (χ3v) is 6.49. The first-order chi connectivity index (χ1) is 18.5. The molecular formula is C25H20ClN9O2S. The molecule has 3 heterocycles. The van der Waals surface area contributed by atoms with Crippen molar-refractivity contribution in [3.63, 3.8) is 0 Å². The Morgan fingerprint density at radius 1 is 1.21 bits per heavy atom. The van der Waals surface area contributed by atoms with E-state index in [-0.39, 0.29) is 5.91 Å². The molecular weight excluding hydrogens is 526 g/mol. The number of thiazole rings is 1. The van der Waals surface area contributed by atoms with Crippen LogP contribution in [0.15, 0.2) is 77.2 Å². The van der Waals surface area contributed by atoms with Gasteiger partial charge in [-0.15, -0.1) is 16.4 Å². The summed E-state index contributed by atoms with van der Waals surface area (Å²) in [4.78, 5) is 29.8. The predicted octanol–water partition coefficient (Wildman–Crippen LogP) is 3.22. The fraction of sp³-hybridized carbons (Fsp3) is 0.0800. The number of anilines is 1. The van der Waals surface area contributed by atoms with E-state index >= 15 is 0 Å². The van der Waals surface area contributed by atoms with Gasteiger partial charge in [0.25, 0.3) is 5.56 Å². The van der Waals surface area contributed by atoms with Crippen molar-refractivity contribution in [2.24, 2.45) is 0 Å². The molecule has 0 aliphatic carbocycles. The first kappa shape index (κ1) is 25.0. The fourth-order valence-electron chi connectivity index (χ4n) is 3.81. The summed E-state index contributed by atoms with van der Waals surface area (Å²) < 4.78 is 1.48. The van der Waals surface area contributed by atoms with Gasteiger partial charge in [-0.2, -0.15) is 9.78 Å². The van der Waals surface area contributed by atoms with E-state index in [1.54, 1.807) is 35.7 Å². The number of H-pyrrole nitrogens is 1. The van der Waals surface area contributed by atoms with Crippen LogP contribution in [0, 0.1) is 0 Å². The number of tetrazole rings is 1. The Balaban J connectivity index is 1.44. The zero-order valence-corrected chi connectivity index (χ0v) is 21.2. The average Bonchev–Trinajstić information content (AvgIpc) is 3.60. The van der Waals surface area contributed by atoms with Crippen molar-refractivity contribution in [1.29, 1.82) is 0 Å². The number of nitrogens with one attached hydrogen (secondary N) is 2. The molecule has 1 atom stereocenters. The molecule has 11 nitrogen and oxygen atoms in total. The zero-order valence-electron chi connectivity index (χ0n) is 19.7. The van der Waals surface area contributed by atoms with Gasteiger partial charge in [0.15, 0.2) is 5.13 Å². The molecule has 1 amide bonds. The number of amides is 1. The minimum Gasteiger partial charge on any atom is -0.375 e. The largest absolute Gasteiger partial charge is 0.375 e. The second-order valence-corrected chi connectivity index (χ2v) is 9.47. The van der Waals surface area contributed by atoms with Crippen molar-refractivity contribution < 1.29 is 4.79 Å². The van der Waals surface area contributed by atoms with Gasteiger partial charge in [-0.25, -0.2) is 10.1 Å². The molecule has 0 spiro atoms. The molecule has 0 saturated heterocycles. The second kappa shape index (κ2) is 11.2. The maximum absolute atomic E-state index is 13.1. The lowest BCUT2D eigenvalue weighted by molar-refractivity contribution is -0.117. The Bertz CT molecular complexity index is 1650. The van der Waals surface area contributed by atoms with Gasteiger partial charge < -0.3 is 11.1 Å². The minimum atomic E-state index is -0.556. The highest BCUT2D eigenvalue weighted by molar-refractivity contribution is 7.13. The number of halogens is 1. The van der Waals surface area contributed by atoms with Gasteiger partial charge in [0.1, 0.15) is 6.33 Å². The van der Waals surface area contributed by atoms with Crippen LogP contribution in [0.3, 0.4) is 0 Å². The van der Waals surface area contributed by atoms with E-state index in [9.17, 15) is 9.59 Å². The van der Waals surface area contributed by atoms with Crippen LogP contribution >= 0.6 is 22.9 Å². The Kier molecular flexibility index (Phi) is 7.33. The maximum atomic E-state index is 13.1. The Labute approximate surface area is 225 Å². The van der Waals surface area contributed by atoms with E-state index < -0.39 is 11.6 Å². The fourth-order valence-corrected chi connectivity index (χ4v) is 4.55. The summed E-state index contributed by atoms with van der Waals surface area (Å²) in [5.41, 5.74) is 8.85. The lowest BCUT2D eigenvalue weighted by atomic mass is 10.0. The Hall–Kier alpha value is -4.68. The van der Waals surface area contributed by atoms with Gasteiger partial charge in [0.2, 0.25) is 5.91 Å². The number of rotatable bonds is 8. The standard InChI is InChI=1S/C25H20ClN9O2S/c26-17-7-8-22(35-14-28-33-34-35)16(11-17)6-9-23(36)29-19(10-15-4-2-1-3-5-15)20-12-18(24(37)32-31-20)21-13-38-25(27)30-21/h1-9,11-14,19H,10H2,(H2,27,30)(H,29,36)(H,32,37)/b9-6+/t19-/m0/s1. The number of aromatic amines is 1. The monoisotopic (exact) mass is 545 g/mol. The van der Waals surface area contributed by atoms with E-state index in [1.165, 1.54) is 28.4 Å². The molecule has 0 saturated carbocycles. The van der Waals surface area contributed by atoms with Crippen LogP contribution in [-0.2, 0) is 11.2 Å². The summed E-state index contributed by atoms with van der Waals surface area (Å²) in [6, 6.07) is 15.9. The first-order valence-corrected chi connectivity index (χ1v) is 12.6. The van der Waals surface area contributed by atoms with Crippen LogP contribution in [-0.4, -0.2) is 41.3 Å². The minimum absolute atomic E-state index is 0.316. The quantitative estimate of drug-likeness (QED) is 0.251. The predicted molar refractivity (Wildman–Crippen MR) is 145 cm³/mol. The highest BCUT2D eigenvalue weighted by Crippen LogP contribution is 2.24. The Morgan fingerprint density at radius 2 is 2.05 bits per heavy atom. The summed E-state index contributed by atoms with van der Waals surface area (Å²) >= 11 is 7.42. The van der Waals surface area contributed by atoms with Crippen LogP contribution in [0.1, 0.15) is 22.9 Å². The molecule has 0 fully saturated rings. The summed E-state index contributed by atoms with van der Waals surface area (Å²) in [6.45, 7) is 0. The van der Waals surface area contributed by atoms with Gasteiger partial charge in [0, 0.05) is 22.0 Å². The average molecular weight is 546 g/mol. The number of carbonyl (C=O) groups is 1. The highest BCUT2D eigenvalue weighted by atomic mass is 35.5. The van der Waals surface area contributed by atoms with Gasteiger partial charge >= 0.3 is 0 Å². The lowest BCUT2D eigenvalue weighted by Crippen LogP contribution is -2.30. The highest BCUT2D eigenvalue weighted by Gasteiger charge is 2.19. The number of nitrogens with two attached hydrogens (primary N) is 1. The second-order valence-electron chi connectivity index (χ2n) is 8.15. The van der Waals surface area contributed by atoms with Crippen molar-refractivity contribution in [2.75, 3.05) is 5.73 Å². The third-order valence-electron chi connectivity index (χ3n) is 5.58. The van der Waals surface area contributed by atoms with E-state index in [0.29, 0.717) is 44.8 Å². The molecule has 190 valence electrons. The summed E-state index contributed by atoms with van der Waals surface area (Å²) in [7, 11) is 0. The number of hydrogen-bond acceptors (Lipinski definition) is 9. The first-order valence-electron chi connectivity index (χ1n) is 11.3. The van der Waals surface area contributed by atoms with Crippen LogP contribution in [0.5, 0.6) is 0 Å². The van der Waals surface area contributed by atoms with Crippen LogP contribution in [0.2, 0.25) is 5.02 Å². The molecule has 2 aromatic carbocycles. The molecule has 0 unspecified atom stereocenters. The summed E-state index contributed by atoms with van der Waals surface area (Å²) in [5.74, 6) is -0.374. The maximum Gasteiger partial charge on any atom is 0.273 e. The molecule has 5 rings (SSSR count). The molecule has 0 aliphatic heterocycles. The van der Waals surface area contributed by atoms with Crippen LogP contribution in [0.4, 0.5) is 5.13 Å². The van der Waals surface area contributed by atoms with E-state index in [0.717, 1.165) is 5.56 Å². The molecule has 13 heteroatoms.